The number of amides is 1. The molecule has 1 aliphatic heterocycles. The Kier molecular flexibility index (Phi) is 5.17. The van der Waals surface area contributed by atoms with Crippen LogP contribution in [-0.2, 0) is 9.47 Å². The second-order valence-electron chi connectivity index (χ2n) is 8.09. The maximum atomic E-state index is 12.5. The second-order valence-corrected chi connectivity index (χ2v) is 8.09. The van der Waals surface area contributed by atoms with Gasteiger partial charge in [-0.25, -0.2) is 9.69 Å². The van der Waals surface area contributed by atoms with Crippen molar-refractivity contribution >= 4 is 6.09 Å². The summed E-state index contributed by atoms with van der Waals surface area (Å²) in [6.45, 7) is 15.4. The van der Waals surface area contributed by atoms with Gasteiger partial charge in [0, 0.05) is 11.8 Å². The highest BCUT2D eigenvalue weighted by atomic mass is 16.6. The Morgan fingerprint density at radius 1 is 1.32 bits per heavy atom. The van der Waals surface area contributed by atoms with Crippen LogP contribution < -0.4 is 0 Å². The Morgan fingerprint density at radius 3 is 2.23 bits per heavy atom. The molecule has 5 nitrogen and oxygen atoms in total. The predicted octanol–water partition coefficient (Wildman–Crippen LogP) is 4.41. The summed E-state index contributed by atoms with van der Waals surface area (Å²) in [6.07, 6.45) is -0.378. The van der Waals surface area contributed by atoms with E-state index in [1.807, 2.05) is 20.8 Å². The maximum absolute atomic E-state index is 12.5. The number of carbonyl (C=O) groups excluding carboxylic acids is 1. The molecule has 5 heteroatoms. The molecule has 22 heavy (non-hydrogen) atoms. The Bertz CT molecular complexity index is 501. The first-order chi connectivity index (χ1) is 9.86. The maximum Gasteiger partial charge on any atom is 0.418 e. The zero-order valence-electron chi connectivity index (χ0n) is 15.0. The summed E-state index contributed by atoms with van der Waals surface area (Å²) in [7, 11) is 0. The first-order valence-electron chi connectivity index (χ1n) is 7.70. The molecule has 0 aliphatic carbocycles. The summed E-state index contributed by atoms with van der Waals surface area (Å²) in [6, 6.07) is 2.12. The van der Waals surface area contributed by atoms with Gasteiger partial charge in [-0.3, -0.25) is 0 Å². The van der Waals surface area contributed by atoms with Gasteiger partial charge in [-0.1, -0.05) is 34.6 Å². The zero-order valence-corrected chi connectivity index (χ0v) is 15.0. The molecule has 0 aromatic rings. The van der Waals surface area contributed by atoms with Crippen molar-refractivity contribution in [3.05, 3.63) is 11.5 Å². The molecule has 0 radical (unpaired) electrons. The summed E-state index contributed by atoms with van der Waals surface area (Å²) in [5.74, 6) is 0.876. The van der Waals surface area contributed by atoms with E-state index in [0.29, 0.717) is 18.1 Å². The van der Waals surface area contributed by atoms with Crippen LogP contribution in [0.5, 0.6) is 0 Å². The minimum absolute atomic E-state index is 0.257. The van der Waals surface area contributed by atoms with Crippen molar-refractivity contribution in [3.8, 4) is 6.07 Å². The first-order valence-corrected chi connectivity index (χ1v) is 7.70. The molecule has 0 saturated carbocycles. The summed E-state index contributed by atoms with van der Waals surface area (Å²) in [5.41, 5.74) is -0.714. The summed E-state index contributed by atoms with van der Waals surface area (Å²) >= 11 is 0. The van der Waals surface area contributed by atoms with Gasteiger partial charge in [0.05, 0.1) is 0 Å². The molecule has 1 heterocycles. The lowest BCUT2D eigenvalue weighted by Crippen LogP contribution is -2.40. The first kappa shape index (κ1) is 18.3. The number of nitriles is 1. The van der Waals surface area contributed by atoms with Crippen molar-refractivity contribution in [2.45, 2.75) is 73.6 Å². The van der Waals surface area contributed by atoms with E-state index >= 15 is 0 Å². The molecule has 0 bridgehead atoms. The zero-order chi connectivity index (χ0) is 17.3. The molecule has 1 amide bonds. The molecule has 1 aliphatic rings. The van der Waals surface area contributed by atoms with Crippen LogP contribution in [0.2, 0.25) is 0 Å². The van der Waals surface area contributed by atoms with Gasteiger partial charge >= 0.3 is 6.09 Å². The van der Waals surface area contributed by atoms with Gasteiger partial charge in [0.1, 0.15) is 17.4 Å². The Balaban J connectivity index is 3.21. The number of carbonyl (C=O) groups is 1. The Hall–Kier alpha value is -1.70. The fourth-order valence-electron chi connectivity index (χ4n) is 2.21. The third-order valence-electron chi connectivity index (χ3n) is 3.05. The lowest BCUT2D eigenvalue weighted by Gasteiger charge is -2.28. The van der Waals surface area contributed by atoms with Gasteiger partial charge in [-0.15, -0.1) is 0 Å². The van der Waals surface area contributed by atoms with E-state index in [-0.39, 0.29) is 11.1 Å². The van der Waals surface area contributed by atoms with Crippen molar-refractivity contribution in [1.82, 2.24) is 4.90 Å². The predicted molar refractivity (Wildman–Crippen MR) is 84.5 cm³/mol. The highest BCUT2D eigenvalue weighted by Crippen LogP contribution is 2.39. The third kappa shape index (κ3) is 4.40. The standard InChI is InChI=1S/C17H28N2O3/c1-11(2)9-13-19(15(20)22-17(6,7)8)12(10-18)14(21-13)16(3,4)5/h11,13H,9H2,1-8H3. The number of ether oxygens (including phenoxy) is 2. The molecule has 1 unspecified atom stereocenters. The SMILES string of the molecule is CC(C)CC1OC(C(C)(C)C)=C(C#N)N1C(=O)OC(C)(C)C. The van der Waals surface area contributed by atoms with Gasteiger partial charge < -0.3 is 9.47 Å². The number of hydrogen-bond acceptors (Lipinski definition) is 4. The van der Waals surface area contributed by atoms with Crippen LogP contribution in [-0.4, -0.2) is 22.8 Å². The van der Waals surface area contributed by atoms with Crippen LogP contribution in [0.25, 0.3) is 0 Å². The highest BCUT2D eigenvalue weighted by molar-refractivity contribution is 5.72. The molecule has 0 saturated heterocycles. The van der Waals surface area contributed by atoms with E-state index in [2.05, 4.69) is 19.9 Å². The minimum atomic E-state index is -0.621. The van der Waals surface area contributed by atoms with E-state index in [9.17, 15) is 10.1 Å². The van der Waals surface area contributed by atoms with E-state index in [0.717, 1.165) is 0 Å². The van der Waals surface area contributed by atoms with Gasteiger partial charge in [0.15, 0.2) is 11.9 Å². The molecule has 0 N–H and O–H groups in total. The molecule has 0 spiro atoms. The van der Waals surface area contributed by atoms with Crippen LogP contribution in [0.15, 0.2) is 11.5 Å². The average Bonchev–Trinajstić information content (AvgIpc) is 2.63. The minimum Gasteiger partial charge on any atom is -0.471 e. The molecule has 1 rings (SSSR count). The number of allylic oxidation sites excluding steroid dienone is 2. The molecule has 0 fully saturated rings. The van der Waals surface area contributed by atoms with Crippen LogP contribution in [0.4, 0.5) is 4.79 Å². The van der Waals surface area contributed by atoms with Crippen LogP contribution in [0.1, 0.15) is 61.8 Å². The van der Waals surface area contributed by atoms with Crippen molar-refractivity contribution in [1.29, 1.82) is 5.26 Å². The van der Waals surface area contributed by atoms with Crippen molar-refractivity contribution in [2.24, 2.45) is 11.3 Å². The number of hydrogen-bond donors (Lipinski definition) is 0. The van der Waals surface area contributed by atoms with E-state index < -0.39 is 17.9 Å². The summed E-state index contributed by atoms with van der Waals surface area (Å²) < 4.78 is 11.4. The quantitative estimate of drug-likeness (QED) is 0.758. The van der Waals surface area contributed by atoms with E-state index in [1.165, 1.54) is 4.90 Å². The lowest BCUT2D eigenvalue weighted by molar-refractivity contribution is -0.0194. The largest absolute Gasteiger partial charge is 0.471 e. The molecular formula is C17H28N2O3. The van der Waals surface area contributed by atoms with Crippen LogP contribution in [0, 0.1) is 22.7 Å². The fraction of sp³-hybridized carbons (Fsp3) is 0.765. The van der Waals surface area contributed by atoms with E-state index in [4.69, 9.17) is 9.47 Å². The lowest BCUT2D eigenvalue weighted by atomic mass is 9.93. The number of nitrogens with zero attached hydrogens (tertiary/aromatic N) is 2. The molecule has 0 aromatic heterocycles. The van der Waals surface area contributed by atoms with Gasteiger partial charge in [0.25, 0.3) is 0 Å². The number of rotatable bonds is 2. The van der Waals surface area contributed by atoms with Gasteiger partial charge in [-0.2, -0.15) is 5.26 Å². The Morgan fingerprint density at radius 2 is 1.86 bits per heavy atom. The smallest absolute Gasteiger partial charge is 0.418 e. The van der Waals surface area contributed by atoms with Crippen molar-refractivity contribution in [2.75, 3.05) is 0 Å². The normalized spacial score (nSPS) is 19.3. The summed E-state index contributed by atoms with van der Waals surface area (Å²) in [4.78, 5) is 13.9. The topological polar surface area (TPSA) is 62.6 Å². The molecule has 1 atom stereocenters. The molecule has 124 valence electrons. The van der Waals surface area contributed by atoms with Crippen molar-refractivity contribution < 1.29 is 14.3 Å². The van der Waals surface area contributed by atoms with Gasteiger partial charge in [0.2, 0.25) is 0 Å². The average molecular weight is 308 g/mol. The van der Waals surface area contributed by atoms with E-state index in [1.54, 1.807) is 20.8 Å². The fourth-order valence-corrected chi connectivity index (χ4v) is 2.21. The van der Waals surface area contributed by atoms with Gasteiger partial charge in [-0.05, 0) is 26.7 Å². The highest BCUT2D eigenvalue weighted by Gasteiger charge is 2.43. The molecule has 0 aromatic carbocycles. The third-order valence-corrected chi connectivity index (χ3v) is 3.05. The molecular weight excluding hydrogens is 280 g/mol. The van der Waals surface area contributed by atoms with Crippen molar-refractivity contribution in [3.63, 3.8) is 0 Å². The van der Waals surface area contributed by atoms with Crippen LogP contribution in [0.3, 0.4) is 0 Å². The Labute approximate surface area is 133 Å². The monoisotopic (exact) mass is 308 g/mol. The summed E-state index contributed by atoms with van der Waals surface area (Å²) in [5, 5.41) is 9.53. The van der Waals surface area contributed by atoms with Crippen LogP contribution >= 0.6 is 0 Å². The second kappa shape index (κ2) is 6.20.